The number of carbonyl (C=O) groups is 2. The topological polar surface area (TPSA) is 78.8 Å². The van der Waals surface area contributed by atoms with E-state index in [0.29, 0.717) is 24.9 Å². The summed E-state index contributed by atoms with van der Waals surface area (Å²) in [6.45, 7) is 2.78. The molecule has 1 saturated carbocycles. The van der Waals surface area contributed by atoms with Crippen LogP contribution in [0.25, 0.3) is 0 Å². The number of rotatable bonds is 12. The van der Waals surface area contributed by atoms with E-state index in [-0.39, 0.29) is 24.3 Å². The van der Waals surface area contributed by atoms with E-state index in [9.17, 15) is 18.4 Å². The Morgan fingerprint density at radius 3 is 2.48 bits per heavy atom. The van der Waals surface area contributed by atoms with Gasteiger partial charge in [0.1, 0.15) is 11.6 Å². The van der Waals surface area contributed by atoms with Gasteiger partial charge in [-0.3, -0.25) is 9.59 Å². The van der Waals surface area contributed by atoms with Crippen LogP contribution in [0.1, 0.15) is 55.7 Å². The molecule has 176 valence electrons. The average molecular weight is 457 g/mol. The summed E-state index contributed by atoms with van der Waals surface area (Å²) in [5.41, 5.74) is 3.00. The van der Waals surface area contributed by atoms with E-state index in [0.717, 1.165) is 25.3 Å². The van der Waals surface area contributed by atoms with Gasteiger partial charge in [0.25, 0.3) is 0 Å². The van der Waals surface area contributed by atoms with Gasteiger partial charge in [-0.05, 0) is 73.4 Å². The normalized spacial score (nSPS) is 15.5. The first kappa shape index (κ1) is 24.7. The van der Waals surface area contributed by atoms with Crippen LogP contribution >= 0.6 is 0 Å². The van der Waals surface area contributed by atoms with Gasteiger partial charge in [0.15, 0.2) is 0 Å². The quantitative estimate of drug-likeness (QED) is 0.449. The molecule has 0 aliphatic heterocycles. The fourth-order valence-electron chi connectivity index (χ4n) is 4.01. The second-order valence-electron chi connectivity index (χ2n) is 8.66. The SMILES string of the molecule is CCc1cccc(C2(NCCC(C=NC(=O)CCC(=O)O)Cc3cc(F)cc(F)c3)CC2)c1. The Hall–Kier alpha value is -2.93. The summed E-state index contributed by atoms with van der Waals surface area (Å²) in [7, 11) is 0. The lowest BCUT2D eigenvalue weighted by Crippen LogP contribution is -2.31. The molecule has 7 heteroatoms. The lowest BCUT2D eigenvalue weighted by atomic mass is 9.96. The summed E-state index contributed by atoms with van der Waals surface area (Å²) in [5, 5.41) is 12.4. The number of hydrogen-bond acceptors (Lipinski definition) is 3. The minimum Gasteiger partial charge on any atom is -0.481 e. The highest BCUT2D eigenvalue weighted by Crippen LogP contribution is 2.45. The molecule has 1 atom stereocenters. The first-order chi connectivity index (χ1) is 15.8. The van der Waals surface area contributed by atoms with Crippen molar-refractivity contribution < 1.29 is 23.5 Å². The minimum atomic E-state index is -1.06. The Kier molecular flexibility index (Phi) is 8.44. The molecule has 0 aromatic heterocycles. The van der Waals surface area contributed by atoms with E-state index in [1.54, 1.807) is 0 Å². The third-order valence-corrected chi connectivity index (χ3v) is 6.02. The van der Waals surface area contributed by atoms with Crippen LogP contribution in [-0.2, 0) is 28.0 Å². The van der Waals surface area contributed by atoms with E-state index in [1.807, 2.05) is 0 Å². The molecule has 2 N–H and O–H groups in total. The van der Waals surface area contributed by atoms with Gasteiger partial charge in [-0.2, -0.15) is 0 Å². The Morgan fingerprint density at radius 2 is 1.85 bits per heavy atom. The molecule has 1 fully saturated rings. The second kappa shape index (κ2) is 11.3. The van der Waals surface area contributed by atoms with Gasteiger partial charge >= 0.3 is 5.97 Å². The summed E-state index contributed by atoms with van der Waals surface area (Å²) in [5.74, 6) is -3.11. The molecule has 2 aromatic rings. The summed E-state index contributed by atoms with van der Waals surface area (Å²) in [6.07, 6.45) is 5.03. The minimum absolute atomic E-state index is 0.0465. The standard InChI is InChI=1S/C26H30F2N2O3/c1-2-18-4-3-5-21(13-18)26(9-10-26)30-11-8-19(17-29-24(31)6-7-25(32)33)12-20-14-22(27)16-23(28)15-20/h3-5,13-17,19,30H,2,6-12H2,1H3,(H,32,33). The molecule has 3 rings (SSSR count). The maximum atomic E-state index is 13.6. The number of carbonyl (C=O) groups excluding carboxylic acids is 1. The average Bonchev–Trinajstić information content (AvgIpc) is 3.56. The number of aryl methyl sites for hydroxylation is 1. The first-order valence-corrected chi connectivity index (χ1v) is 11.4. The van der Waals surface area contributed by atoms with E-state index in [2.05, 4.69) is 41.5 Å². The molecule has 1 aliphatic carbocycles. The Balaban J connectivity index is 1.65. The number of aliphatic imine (C=N–C) groups is 1. The summed E-state index contributed by atoms with van der Waals surface area (Å²) < 4.78 is 27.3. The van der Waals surface area contributed by atoms with Crippen LogP contribution in [0.5, 0.6) is 0 Å². The molecule has 0 saturated heterocycles. The summed E-state index contributed by atoms with van der Waals surface area (Å²) in [4.78, 5) is 26.5. The van der Waals surface area contributed by atoms with E-state index in [1.165, 1.54) is 29.5 Å². The van der Waals surface area contributed by atoms with Crippen molar-refractivity contribution in [2.75, 3.05) is 6.54 Å². The van der Waals surface area contributed by atoms with Crippen molar-refractivity contribution in [3.8, 4) is 0 Å². The Morgan fingerprint density at radius 1 is 1.12 bits per heavy atom. The first-order valence-electron chi connectivity index (χ1n) is 11.4. The fourth-order valence-corrected chi connectivity index (χ4v) is 4.01. The molecule has 2 aromatic carbocycles. The number of halogens is 2. The third-order valence-electron chi connectivity index (χ3n) is 6.02. The van der Waals surface area contributed by atoms with Crippen molar-refractivity contribution in [1.29, 1.82) is 0 Å². The van der Waals surface area contributed by atoms with Crippen LogP contribution in [0.3, 0.4) is 0 Å². The van der Waals surface area contributed by atoms with E-state index >= 15 is 0 Å². The maximum absolute atomic E-state index is 13.6. The highest BCUT2D eigenvalue weighted by Gasteiger charge is 2.43. The zero-order valence-electron chi connectivity index (χ0n) is 18.8. The molecule has 0 spiro atoms. The predicted octanol–water partition coefficient (Wildman–Crippen LogP) is 4.82. The Bertz CT molecular complexity index is 998. The van der Waals surface area contributed by atoms with Crippen LogP contribution in [0.4, 0.5) is 8.78 Å². The van der Waals surface area contributed by atoms with E-state index in [4.69, 9.17) is 5.11 Å². The number of carboxylic acids is 1. The number of carboxylic acid groups (broad SMARTS) is 1. The molecule has 0 radical (unpaired) electrons. The van der Waals surface area contributed by atoms with Gasteiger partial charge in [-0.15, -0.1) is 0 Å². The van der Waals surface area contributed by atoms with Crippen molar-refractivity contribution in [3.05, 3.63) is 70.8 Å². The molecule has 0 heterocycles. The van der Waals surface area contributed by atoms with Crippen LogP contribution in [0.2, 0.25) is 0 Å². The molecular weight excluding hydrogens is 426 g/mol. The van der Waals surface area contributed by atoms with Crippen molar-refractivity contribution in [2.45, 2.75) is 57.4 Å². The molecular formula is C26H30F2N2O3. The number of amides is 1. The van der Waals surface area contributed by atoms with Crippen LogP contribution < -0.4 is 5.32 Å². The fraction of sp³-hybridized carbons (Fsp3) is 0.423. The van der Waals surface area contributed by atoms with Crippen LogP contribution in [0, 0.1) is 17.6 Å². The monoisotopic (exact) mass is 456 g/mol. The predicted molar refractivity (Wildman–Crippen MR) is 123 cm³/mol. The molecule has 1 aliphatic rings. The van der Waals surface area contributed by atoms with Gasteiger partial charge in [0.2, 0.25) is 5.91 Å². The second-order valence-corrected chi connectivity index (χ2v) is 8.66. The molecule has 1 amide bonds. The number of nitrogens with zero attached hydrogens (tertiary/aromatic N) is 1. The van der Waals surface area contributed by atoms with Gasteiger partial charge in [-0.25, -0.2) is 13.8 Å². The third kappa shape index (κ3) is 7.56. The molecule has 33 heavy (non-hydrogen) atoms. The number of aliphatic carboxylic acids is 1. The molecule has 1 unspecified atom stereocenters. The summed E-state index contributed by atoms with van der Waals surface area (Å²) in [6, 6.07) is 11.9. The number of hydrogen-bond donors (Lipinski definition) is 2. The zero-order valence-corrected chi connectivity index (χ0v) is 18.8. The van der Waals surface area contributed by atoms with Gasteiger partial charge in [0.05, 0.1) is 6.42 Å². The van der Waals surface area contributed by atoms with E-state index < -0.39 is 23.5 Å². The summed E-state index contributed by atoms with van der Waals surface area (Å²) >= 11 is 0. The number of benzene rings is 2. The van der Waals surface area contributed by atoms with Crippen molar-refractivity contribution >= 4 is 18.1 Å². The zero-order chi connectivity index (χ0) is 23.8. The van der Waals surface area contributed by atoms with Gasteiger partial charge < -0.3 is 10.4 Å². The highest BCUT2D eigenvalue weighted by atomic mass is 19.1. The highest BCUT2D eigenvalue weighted by molar-refractivity contribution is 5.87. The Labute approximate surface area is 192 Å². The number of nitrogens with one attached hydrogen (secondary N) is 1. The van der Waals surface area contributed by atoms with Crippen molar-refractivity contribution in [2.24, 2.45) is 10.9 Å². The van der Waals surface area contributed by atoms with Gasteiger partial charge in [0, 0.05) is 24.2 Å². The van der Waals surface area contributed by atoms with Crippen LogP contribution in [0.15, 0.2) is 47.5 Å². The smallest absolute Gasteiger partial charge is 0.303 e. The lowest BCUT2D eigenvalue weighted by molar-refractivity contribution is -0.138. The largest absolute Gasteiger partial charge is 0.481 e. The lowest BCUT2D eigenvalue weighted by Gasteiger charge is -2.20. The molecule has 5 nitrogen and oxygen atoms in total. The van der Waals surface area contributed by atoms with Gasteiger partial charge in [-0.1, -0.05) is 31.2 Å². The van der Waals surface area contributed by atoms with Crippen molar-refractivity contribution in [3.63, 3.8) is 0 Å². The maximum Gasteiger partial charge on any atom is 0.303 e. The van der Waals surface area contributed by atoms with Crippen molar-refractivity contribution in [1.82, 2.24) is 5.32 Å². The van der Waals surface area contributed by atoms with Crippen LogP contribution in [-0.4, -0.2) is 29.7 Å². The molecule has 0 bridgehead atoms.